The number of aromatic nitrogens is 1. The Balaban J connectivity index is 0.00000481. The summed E-state index contributed by atoms with van der Waals surface area (Å²) in [6.45, 7) is 1.78. The van der Waals surface area contributed by atoms with E-state index in [0.29, 0.717) is 34.3 Å². The zero-order chi connectivity index (χ0) is 25.9. The minimum atomic E-state index is -0.457. The molecule has 3 aromatic rings. The number of ether oxygens (including phenoxy) is 1. The van der Waals surface area contributed by atoms with Gasteiger partial charge < -0.3 is 20.0 Å². The molecule has 0 radical (unpaired) electrons. The van der Waals surface area contributed by atoms with Gasteiger partial charge in [-0.3, -0.25) is 14.6 Å². The van der Waals surface area contributed by atoms with Crippen molar-refractivity contribution in [2.75, 3.05) is 6.61 Å². The van der Waals surface area contributed by atoms with Crippen molar-refractivity contribution in [2.45, 2.75) is 45.6 Å². The molecule has 9 heteroatoms. The van der Waals surface area contributed by atoms with Crippen molar-refractivity contribution in [1.29, 1.82) is 0 Å². The number of carbonyl (C=O) groups is 3. The molecule has 0 unspecified atom stereocenters. The molecule has 2 aromatic carbocycles. The van der Waals surface area contributed by atoms with Crippen molar-refractivity contribution >= 4 is 69.7 Å². The quantitative estimate of drug-likeness (QED) is 0.175. The van der Waals surface area contributed by atoms with Gasteiger partial charge in [-0.1, -0.05) is 42.0 Å². The number of aromatic hydroxyl groups is 1. The Hall–Kier alpha value is -2.89. The van der Waals surface area contributed by atoms with Crippen LogP contribution in [-0.2, 0) is 20.9 Å². The molecular formula is C28H28ClN2NaO5. The number of amides is 1. The van der Waals surface area contributed by atoms with Gasteiger partial charge in [0, 0.05) is 41.6 Å². The van der Waals surface area contributed by atoms with Gasteiger partial charge in [-0.05, 0) is 55.7 Å². The van der Waals surface area contributed by atoms with Crippen molar-refractivity contribution in [3.63, 3.8) is 0 Å². The van der Waals surface area contributed by atoms with Crippen LogP contribution >= 0.6 is 11.6 Å². The number of ketones is 1. The molecule has 0 atom stereocenters. The van der Waals surface area contributed by atoms with E-state index in [9.17, 15) is 19.5 Å². The van der Waals surface area contributed by atoms with Crippen molar-refractivity contribution in [3.05, 3.63) is 70.4 Å². The summed E-state index contributed by atoms with van der Waals surface area (Å²) in [6.07, 6.45) is 4.41. The second kappa shape index (κ2) is 15.4. The van der Waals surface area contributed by atoms with Gasteiger partial charge in [0.1, 0.15) is 17.1 Å². The molecule has 1 heterocycles. The van der Waals surface area contributed by atoms with Crippen molar-refractivity contribution < 1.29 is 24.2 Å². The Morgan fingerprint density at radius 3 is 2.51 bits per heavy atom. The van der Waals surface area contributed by atoms with Crippen molar-refractivity contribution in [3.8, 4) is 17.6 Å². The summed E-state index contributed by atoms with van der Waals surface area (Å²) in [5.74, 6) is 4.85. The van der Waals surface area contributed by atoms with Crippen LogP contribution in [0.1, 0.15) is 60.5 Å². The van der Waals surface area contributed by atoms with E-state index in [1.807, 2.05) is 0 Å². The van der Waals surface area contributed by atoms with Crippen LogP contribution in [0.25, 0.3) is 10.9 Å². The number of fused-ring (bicyclic) bond motifs is 1. The van der Waals surface area contributed by atoms with Crippen LogP contribution in [-0.4, -0.2) is 63.9 Å². The van der Waals surface area contributed by atoms with Crippen LogP contribution in [0.15, 0.2) is 48.7 Å². The molecule has 37 heavy (non-hydrogen) atoms. The molecule has 1 aromatic heterocycles. The van der Waals surface area contributed by atoms with Crippen LogP contribution in [0.2, 0.25) is 5.02 Å². The number of hydrogen-bond donors (Lipinski definition) is 2. The maximum atomic E-state index is 12.6. The summed E-state index contributed by atoms with van der Waals surface area (Å²) in [4.78, 5) is 39.6. The summed E-state index contributed by atoms with van der Waals surface area (Å²) in [5.41, 5.74) is 2.02. The summed E-state index contributed by atoms with van der Waals surface area (Å²) in [5, 5.41) is 14.5. The Bertz CT molecular complexity index is 1320. The summed E-state index contributed by atoms with van der Waals surface area (Å²) >= 11 is 5.88. The number of Topliss-reactive ketones (excluding diaryl/α,β-unsaturated/α-hetero) is 1. The Morgan fingerprint density at radius 2 is 1.78 bits per heavy atom. The molecule has 188 valence electrons. The molecule has 0 spiro atoms. The fourth-order valence-corrected chi connectivity index (χ4v) is 3.58. The second-order valence-electron chi connectivity index (χ2n) is 8.29. The Morgan fingerprint density at radius 1 is 1.05 bits per heavy atom. The van der Waals surface area contributed by atoms with Crippen LogP contribution in [0.5, 0.6) is 5.75 Å². The first-order valence-electron chi connectivity index (χ1n) is 11.6. The van der Waals surface area contributed by atoms with E-state index in [-0.39, 0.29) is 72.2 Å². The van der Waals surface area contributed by atoms with E-state index in [1.54, 1.807) is 49.4 Å². The van der Waals surface area contributed by atoms with Crippen molar-refractivity contribution in [2.24, 2.45) is 0 Å². The molecular weight excluding hydrogens is 503 g/mol. The predicted octanol–water partition coefficient (Wildman–Crippen LogP) is 4.31. The van der Waals surface area contributed by atoms with E-state index in [1.165, 1.54) is 6.20 Å². The van der Waals surface area contributed by atoms with Crippen LogP contribution < -0.4 is 5.32 Å². The summed E-state index contributed by atoms with van der Waals surface area (Å²) in [7, 11) is 0. The Kier molecular flexibility index (Phi) is 12.6. The summed E-state index contributed by atoms with van der Waals surface area (Å²) < 4.78 is 5.12. The molecule has 0 aliphatic carbocycles. The number of rotatable bonds is 10. The van der Waals surface area contributed by atoms with Crippen LogP contribution in [0, 0.1) is 11.8 Å². The first-order chi connectivity index (χ1) is 17.3. The monoisotopic (exact) mass is 530 g/mol. The molecule has 0 fully saturated rings. The molecule has 1 amide bonds. The van der Waals surface area contributed by atoms with E-state index < -0.39 is 5.91 Å². The standard InChI is InChI=1S/C28H27ClN2O5.Na.H/c1-19(32)6-3-2-4-8-26(33)36-15-5-7-20-11-14-25-23(16-20)27(34)24(18-30-25)28(35)31-17-21-9-12-22(29)13-10-21;;/h9-14,16,18H,2-4,6,8,15,17H2,1H3,(H,30,34)(H,31,35);;. The van der Waals surface area contributed by atoms with Crippen LogP contribution in [0.4, 0.5) is 0 Å². The fraction of sp³-hybridized carbons (Fsp3) is 0.286. The van der Waals surface area contributed by atoms with E-state index in [0.717, 1.165) is 18.4 Å². The number of carbonyl (C=O) groups excluding carboxylic acids is 3. The van der Waals surface area contributed by atoms with Gasteiger partial charge in [0.15, 0.2) is 6.61 Å². The predicted molar refractivity (Wildman–Crippen MR) is 145 cm³/mol. The average molecular weight is 531 g/mol. The number of nitrogens with one attached hydrogen (secondary N) is 1. The maximum absolute atomic E-state index is 12.6. The Labute approximate surface area is 243 Å². The molecule has 7 nitrogen and oxygen atoms in total. The van der Waals surface area contributed by atoms with Gasteiger partial charge in [0.25, 0.3) is 5.91 Å². The molecule has 2 N–H and O–H groups in total. The van der Waals surface area contributed by atoms with Crippen molar-refractivity contribution in [1.82, 2.24) is 10.3 Å². The van der Waals surface area contributed by atoms with Gasteiger partial charge in [0.05, 0.1) is 5.52 Å². The number of halogens is 1. The number of hydrogen-bond acceptors (Lipinski definition) is 6. The topological polar surface area (TPSA) is 106 Å². The molecule has 0 aliphatic heterocycles. The van der Waals surface area contributed by atoms with E-state index >= 15 is 0 Å². The molecule has 0 aliphatic rings. The second-order valence-corrected chi connectivity index (χ2v) is 8.72. The average Bonchev–Trinajstić information content (AvgIpc) is 2.86. The van der Waals surface area contributed by atoms with Crippen LogP contribution in [0.3, 0.4) is 0 Å². The zero-order valence-corrected chi connectivity index (χ0v) is 20.7. The first kappa shape index (κ1) is 30.3. The number of benzene rings is 2. The minimum absolute atomic E-state index is 0. The molecule has 3 rings (SSSR count). The molecule has 0 saturated heterocycles. The third-order valence-electron chi connectivity index (χ3n) is 5.40. The normalized spacial score (nSPS) is 10.1. The number of unbranched alkanes of at least 4 members (excludes halogenated alkanes) is 2. The third-order valence-corrected chi connectivity index (χ3v) is 5.65. The number of esters is 1. The third kappa shape index (κ3) is 9.83. The fourth-order valence-electron chi connectivity index (χ4n) is 3.45. The zero-order valence-electron chi connectivity index (χ0n) is 20.0. The van der Waals surface area contributed by atoms with E-state index in [4.69, 9.17) is 16.3 Å². The van der Waals surface area contributed by atoms with Gasteiger partial charge in [-0.2, -0.15) is 0 Å². The van der Waals surface area contributed by atoms with Gasteiger partial charge >= 0.3 is 35.5 Å². The van der Waals surface area contributed by atoms with Gasteiger partial charge in [-0.15, -0.1) is 0 Å². The molecule has 0 bridgehead atoms. The molecule has 0 saturated carbocycles. The SMILES string of the molecule is CC(=O)CCCCCC(=O)OCC#Cc1ccc2ncc(C(=O)NCc3ccc(Cl)cc3)c(O)c2c1.[NaH]. The number of pyridine rings is 1. The van der Waals surface area contributed by atoms with E-state index in [2.05, 4.69) is 22.1 Å². The van der Waals surface area contributed by atoms with Gasteiger partial charge in [0.2, 0.25) is 0 Å². The summed E-state index contributed by atoms with van der Waals surface area (Å²) in [6, 6.07) is 12.2. The first-order valence-corrected chi connectivity index (χ1v) is 12.0. The van der Waals surface area contributed by atoms with Gasteiger partial charge in [-0.25, -0.2) is 0 Å². The number of nitrogens with zero attached hydrogens (tertiary/aromatic N) is 1.